The molecule has 1 aromatic rings. The van der Waals surface area contributed by atoms with Crippen molar-refractivity contribution in [2.24, 2.45) is 0 Å². The van der Waals surface area contributed by atoms with Gasteiger partial charge in [0.15, 0.2) is 0 Å². The van der Waals surface area contributed by atoms with Crippen LogP contribution in [0.1, 0.15) is 24.4 Å². The number of ether oxygens (including phenoxy) is 1. The predicted octanol–water partition coefficient (Wildman–Crippen LogP) is 0.769. The summed E-state index contributed by atoms with van der Waals surface area (Å²) in [6.45, 7) is 1.48. The van der Waals surface area contributed by atoms with E-state index in [-0.39, 0.29) is 6.10 Å². The summed E-state index contributed by atoms with van der Waals surface area (Å²) in [6.07, 6.45) is 5.57. The van der Waals surface area contributed by atoms with Crippen molar-refractivity contribution < 1.29 is 9.84 Å². The fourth-order valence-electron chi connectivity index (χ4n) is 2.00. The third-order valence-corrected chi connectivity index (χ3v) is 2.80. The molecule has 0 spiro atoms. The number of hydrogen-bond donors (Lipinski definition) is 1. The SMILES string of the molecule is COCCCc1cn2c(n1)CCC(O)C2. The van der Waals surface area contributed by atoms with Crippen molar-refractivity contribution in [3.8, 4) is 0 Å². The predicted molar refractivity (Wildman–Crippen MR) is 56.8 cm³/mol. The number of methoxy groups -OCH3 is 1. The van der Waals surface area contributed by atoms with Gasteiger partial charge in [-0.25, -0.2) is 4.98 Å². The molecule has 0 aliphatic carbocycles. The first-order chi connectivity index (χ1) is 7.29. The van der Waals surface area contributed by atoms with E-state index in [2.05, 4.69) is 15.7 Å². The summed E-state index contributed by atoms with van der Waals surface area (Å²) < 4.78 is 7.09. The Morgan fingerprint density at radius 2 is 2.53 bits per heavy atom. The molecule has 0 saturated carbocycles. The van der Waals surface area contributed by atoms with Crippen LogP contribution in [-0.2, 0) is 24.1 Å². The molecule has 1 aromatic heterocycles. The highest BCUT2D eigenvalue weighted by Gasteiger charge is 2.17. The number of aliphatic hydroxyl groups excluding tert-OH is 1. The van der Waals surface area contributed by atoms with Crippen LogP contribution in [0, 0.1) is 0 Å². The lowest BCUT2D eigenvalue weighted by Gasteiger charge is -2.18. The molecule has 0 fully saturated rings. The Morgan fingerprint density at radius 1 is 1.67 bits per heavy atom. The normalized spacial score (nSPS) is 20.3. The maximum atomic E-state index is 9.51. The van der Waals surface area contributed by atoms with E-state index < -0.39 is 0 Å². The zero-order valence-electron chi connectivity index (χ0n) is 9.15. The Bertz CT molecular complexity index is 322. The van der Waals surface area contributed by atoms with Crippen LogP contribution in [0.3, 0.4) is 0 Å². The lowest BCUT2D eigenvalue weighted by atomic mass is 10.1. The van der Waals surface area contributed by atoms with Crippen LogP contribution in [0.15, 0.2) is 6.20 Å². The summed E-state index contributed by atoms with van der Waals surface area (Å²) >= 11 is 0. The van der Waals surface area contributed by atoms with Crippen molar-refractivity contribution in [2.45, 2.75) is 38.3 Å². The third-order valence-electron chi connectivity index (χ3n) is 2.80. The zero-order chi connectivity index (χ0) is 10.7. The van der Waals surface area contributed by atoms with Gasteiger partial charge in [0.25, 0.3) is 0 Å². The molecule has 15 heavy (non-hydrogen) atoms. The number of fused-ring (bicyclic) bond motifs is 1. The fraction of sp³-hybridized carbons (Fsp3) is 0.727. The van der Waals surface area contributed by atoms with Gasteiger partial charge >= 0.3 is 0 Å². The topological polar surface area (TPSA) is 47.3 Å². The average Bonchev–Trinajstić information content (AvgIpc) is 2.60. The Balaban J connectivity index is 1.96. The molecule has 4 heteroatoms. The van der Waals surface area contributed by atoms with Crippen molar-refractivity contribution in [1.29, 1.82) is 0 Å². The van der Waals surface area contributed by atoms with Crippen LogP contribution >= 0.6 is 0 Å². The van der Waals surface area contributed by atoms with E-state index in [1.54, 1.807) is 7.11 Å². The Kier molecular flexibility index (Phi) is 3.38. The van der Waals surface area contributed by atoms with E-state index >= 15 is 0 Å². The Morgan fingerprint density at radius 3 is 3.33 bits per heavy atom. The van der Waals surface area contributed by atoms with Gasteiger partial charge in [-0.05, 0) is 19.3 Å². The zero-order valence-corrected chi connectivity index (χ0v) is 9.15. The minimum Gasteiger partial charge on any atom is -0.391 e. The molecule has 1 N–H and O–H groups in total. The van der Waals surface area contributed by atoms with Crippen molar-refractivity contribution in [1.82, 2.24) is 9.55 Å². The van der Waals surface area contributed by atoms with Gasteiger partial charge in [-0.2, -0.15) is 0 Å². The van der Waals surface area contributed by atoms with Gasteiger partial charge in [0.05, 0.1) is 11.8 Å². The van der Waals surface area contributed by atoms with E-state index in [4.69, 9.17) is 4.74 Å². The lowest BCUT2D eigenvalue weighted by Crippen LogP contribution is -2.23. The number of hydrogen-bond acceptors (Lipinski definition) is 3. The first-order valence-electron chi connectivity index (χ1n) is 5.51. The standard InChI is InChI=1S/C11H18N2O2/c1-15-6-2-3-9-7-13-8-10(14)4-5-11(13)12-9/h7,10,14H,2-6,8H2,1H3. The maximum Gasteiger partial charge on any atom is 0.109 e. The largest absolute Gasteiger partial charge is 0.391 e. The summed E-state index contributed by atoms with van der Waals surface area (Å²) in [6, 6.07) is 0. The first kappa shape index (κ1) is 10.6. The molecule has 0 bridgehead atoms. The second kappa shape index (κ2) is 4.77. The van der Waals surface area contributed by atoms with Crippen LogP contribution in [0.4, 0.5) is 0 Å². The number of aliphatic hydroxyl groups is 1. The number of aromatic nitrogens is 2. The van der Waals surface area contributed by atoms with Crippen molar-refractivity contribution in [3.05, 3.63) is 17.7 Å². The lowest BCUT2D eigenvalue weighted by molar-refractivity contribution is 0.130. The summed E-state index contributed by atoms with van der Waals surface area (Å²) in [4.78, 5) is 4.55. The van der Waals surface area contributed by atoms with Crippen LogP contribution in [-0.4, -0.2) is 34.5 Å². The second-order valence-electron chi connectivity index (χ2n) is 4.09. The van der Waals surface area contributed by atoms with Crippen molar-refractivity contribution in [2.75, 3.05) is 13.7 Å². The summed E-state index contributed by atoms with van der Waals surface area (Å²) in [5.74, 6) is 1.12. The number of aryl methyl sites for hydroxylation is 2. The highest BCUT2D eigenvalue weighted by atomic mass is 16.5. The maximum absolute atomic E-state index is 9.51. The fourth-order valence-corrected chi connectivity index (χ4v) is 2.00. The van der Waals surface area contributed by atoms with Gasteiger partial charge in [0.1, 0.15) is 5.82 Å². The molecule has 1 aliphatic rings. The third kappa shape index (κ3) is 2.58. The molecule has 0 amide bonds. The smallest absolute Gasteiger partial charge is 0.109 e. The van der Waals surface area contributed by atoms with Gasteiger partial charge in [-0.1, -0.05) is 0 Å². The van der Waals surface area contributed by atoms with E-state index in [1.165, 1.54) is 0 Å². The molecule has 0 radical (unpaired) electrons. The molecule has 4 nitrogen and oxygen atoms in total. The summed E-state index contributed by atoms with van der Waals surface area (Å²) in [5.41, 5.74) is 1.12. The van der Waals surface area contributed by atoms with Gasteiger partial charge in [-0.3, -0.25) is 0 Å². The molecule has 84 valence electrons. The van der Waals surface area contributed by atoms with Gasteiger partial charge in [0, 0.05) is 32.9 Å². The molecule has 2 heterocycles. The molecule has 0 saturated heterocycles. The summed E-state index contributed by atoms with van der Waals surface area (Å²) in [7, 11) is 1.72. The van der Waals surface area contributed by atoms with E-state index in [0.29, 0.717) is 6.54 Å². The van der Waals surface area contributed by atoms with Gasteiger partial charge in [-0.15, -0.1) is 0 Å². The first-order valence-corrected chi connectivity index (χ1v) is 5.51. The van der Waals surface area contributed by atoms with Crippen LogP contribution in [0.5, 0.6) is 0 Å². The second-order valence-corrected chi connectivity index (χ2v) is 4.09. The van der Waals surface area contributed by atoms with Crippen LogP contribution in [0.2, 0.25) is 0 Å². The molecule has 2 rings (SSSR count). The van der Waals surface area contributed by atoms with E-state index in [9.17, 15) is 5.11 Å². The number of nitrogens with zero attached hydrogens (tertiary/aromatic N) is 2. The molecular weight excluding hydrogens is 192 g/mol. The molecule has 1 atom stereocenters. The molecule has 0 aromatic carbocycles. The Hall–Kier alpha value is -0.870. The molecular formula is C11H18N2O2. The van der Waals surface area contributed by atoms with Crippen molar-refractivity contribution in [3.63, 3.8) is 0 Å². The Labute approximate surface area is 89.9 Å². The highest BCUT2D eigenvalue weighted by molar-refractivity contribution is 5.07. The average molecular weight is 210 g/mol. The van der Waals surface area contributed by atoms with Crippen LogP contribution in [0.25, 0.3) is 0 Å². The van der Waals surface area contributed by atoms with Crippen molar-refractivity contribution >= 4 is 0 Å². The number of rotatable bonds is 4. The van der Waals surface area contributed by atoms with E-state index in [1.807, 2.05) is 0 Å². The monoisotopic (exact) mass is 210 g/mol. The minimum atomic E-state index is -0.196. The minimum absolute atomic E-state index is 0.196. The molecule has 1 unspecified atom stereocenters. The van der Waals surface area contributed by atoms with Gasteiger partial charge < -0.3 is 14.4 Å². The molecule has 1 aliphatic heterocycles. The van der Waals surface area contributed by atoms with Gasteiger partial charge in [0.2, 0.25) is 0 Å². The van der Waals surface area contributed by atoms with E-state index in [0.717, 1.165) is 43.8 Å². The summed E-state index contributed by atoms with van der Waals surface area (Å²) in [5, 5.41) is 9.51. The quantitative estimate of drug-likeness (QED) is 0.747. The number of imidazole rings is 1. The highest BCUT2D eigenvalue weighted by Crippen LogP contribution is 2.15. The van der Waals surface area contributed by atoms with Crippen LogP contribution < -0.4 is 0 Å².